The Hall–Kier alpha value is -2.62. The average molecular weight is 587 g/mol. The van der Waals surface area contributed by atoms with Crippen molar-refractivity contribution in [3.63, 3.8) is 0 Å². The van der Waals surface area contributed by atoms with E-state index in [1.54, 1.807) is 12.1 Å². The third-order valence-corrected chi connectivity index (χ3v) is 8.85. The summed E-state index contributed by atoms with van der Waals surface area (Å²) in [4.78, 5) is 22.3. The molecule has 2 fully saturated rings. The Labute approximate surface area is 241 Å². The topological polar surface area (TPSA) is 83.4 Å². The van der Waals surface area contributed by atoms with Gasteiger partial charge in [-0.1, -0.05) is 46.6 Å². The van der Waals surface area contributed by atoms with Crippen LogP contribution in [0.1, 0.15) is 48.5 Å². The largest absolute Gasteiger partial charge is 0.489 e. The number of likely N-dealkylation sites (tertiary alicyclic amines) is 1. The quantitative estimate of drug-likeness (QED) is 0.331. The molecular weight excluding hydrogens is 557 g/mol. The monoisotopic (exact) mass is 585 g/mol. The number of carbonyl (C=O) groups excluding carboxylic acids is 1. The van der Waals surface area contributed by atoms with E-state index in [1.807, 2.05) is 36.4 Å². The van der Waals surface area contributed by atoms with Gasteiger partial charge < -0.3 is 24.9 Å². The Morgan fingerprint density at radius 2 is 1.97 bits per heavy atom. The van der Waals surface area contributed by atoms with Gasteiger partial charge in [0.1, 0.15) is 18.5 Å². The molecule has 0 radical (unpaired) electrons. The highest BCUT2D eigenvalue weighted by Gasteiger charge is 2.31. The summed E-state index contributed by atoms with van der Waals surface area (Å²) in [5, 5.41) is 19.0. The zero-order chi connectivity index (χ0) is 26.9. The van der Waals surface area contributed by atoms with Gasteiger partial charge >= 0.3 is 0 Å². The highest BCUT2D eigenvalue weighted by atomic mass is 35.5. The summed E-state index contributed by atoms with van der Waals surface area (Å²) in [6.07, 6.45) is 3.51. The Morgan fingerprint density at radius 1 is 1.15 bits per heavy atom. The summed E-state index contributed by atoms with van der Waals surface area (Å²) >= 11 is 14.1. The second kappa shape index (κ2) is 11.5. The van der Waals surface area contributed by atoms with Gasteiger partial charge in [0.25, 0.3) is 5.91 Å². The Balaban J connectivity index is 1.22. The predicted molar refractivity (Wildman–Crippen MR) is 154 cm³/mol. The lowest BCUT2D eigenvalue weighted by Gasteiger charge is -2.29. The van der Waals surface area contributed by atoms with Crippen LogP contribution in [0.15, 0.2) is 53.7 Å². The molecule has 3 heterocycles. The minimum atomic E-state index is -0.974. The molecule has 1 saturated carbocycles. The number of hydrogen-bond acceptors (Lipinski definition) is 7. The van der Waals surface area contributed by atoms with Crippen molar-refractivity contribution in [3.05, 3.63) is 74.6 Å². The van der Waals surface area contributed by atoms with E-state index in [1.165, 1.54) is 11.3 Å². The average Bonchev–Trinajstić information content (AvgIpc) is 3.40. The number of thiophene rings is 1. The molecule has 2 aliphatic heterocycles. The third kappa shape index (κ3) is 6.10. The van der Waals surface area contributed by atoms with Crippen molar-refractivity contribution in [2.75, 3.05) is 19.6 Å². The van der Waals surface area contributed by atoms with Crippen molar-refractivity contribution in [1.82, 2.24) is 10.2 Å². The summed E-state index contributed by atoms with van der Waals surface area (Å²) in [5.41, 5.74) is 3.39. The third-order valence-electron chi connectivity index (χ3n) is 7.28. The molecule has 1 aliphatic carbocycles. The van der Waals surface area contributed by atoms with Gasteiger partial charge in [-0.05, 0) is 80.2 Å². The van der Waals surface area contributed by atoms with Crippen LogP contribution in [0.25, 0.3) is 10.4 Å². The summed E-state index contributed by atoms with van der Waals surface area (Å²) in [6, 6.07) is 14.4. The lowest BCUT2D eigenvalue weighted by Crippen LogP contribution is -2.49. The molecule has 39 heavy (non-hydrogen) atoms. The highest BCUT2D eigenvalue weighted by Crippen LogP contribution is 2.35. The van der Waals surface area contributed by atoms with E-state index in [-0.39, 0.29) is 18.4 Å². The van der Waals surface area contributed by atoms with Crippen LogP contribution in [-0.4, -0.2) is 53.4 Å². The molecule has 0 unspecified atom stereocenters. The molecule has 1 aromatic heterocycles. The van der Waals surface area contributed by atoms with Gasteiger partial charge in [-0.25, -0.2) is 0 Å². The molecule has 2 atom stereocenters. The first-order valence-electron chi connectivity index (χ1n) is 13.2. The van der Waals surface area contributed by atoms with Gasteiger partial charge in [0.2, 0.25) is 0 Å². The number of fused-ring (bicyclic) bond motifs is 1. The van der Waals surface area contributed by atoms with E-state index in [0.29, 0.717) is 28.4 Å². The van der Waals surface area contributed by atoms with Crippen molar-refractivity contribution in [2.24, 2.45) is 5.16 Å². The molecule has 10 heteroatoms. The maximum absolute atomic E-state index is 13.6. The number of aliphatic hydroxyl groups is 1. The summed E-state index contributed by atoms with van der Waals surface area (Å²) < 4.78 is 6.56. The number of ether oxygens (including phenoxy) is 1. The fraction of sp³-hybridized carbons (Fsp3) is 0.379. The molecule has 2 aromatic carbocycles. The molecule has 6 rings (SSSR count). The van der Waals surface area contributed by atoms with Gasteiger partial charge in [0.15, 0.2) is 5.71 Å². The number of hydrogen-bond donors (Lipinski definition) is 2. The Bertz CT molecular complexity index is 1400. The first-order valence-corrected chi connectivity index (χ1v) is 14.8. The summed E-state index contributed by atoms with van der Waals surface area (Å²) in [5.74, 6) is 0.218. The van der Waals surface area contributed by atoms with E-state index in [9.17, 15) is 9.90 Å². The number of rotatable bonds is 9. The second-order valence-electron chi connectivity index (χ2n) is 10.2. The van der Waals surface area contributed by atoms with Crippen molar-refractivity contribution in [3.8, 4) is 16.2 Å². The maximum Gasteiger partial charge on any atom is 0.274 e. The number of halogens is 2. The van der Waals surface area contributed by atoms with Crippen molar-refractivity contribution in [2.45, 2.75) is 50.5 Å². The number of amides is 1. The lowest BCUT2D eigenvalue weighted by molar-refractivity contribution is -0.116. The number of oxime groups is 1. The molecular formula is C29H29Cl2N3O4S. The summed E-state index contributed by atoms with van der Waals surface area (Å²) in [6.45, 7) is 2.63. The lowest BCUT2D eigenvalue weighted by atomic mass is 9.97. The number of aliphatic hydroxyl groups excluding tert-OH is 1. The number of nitrogens with one attached hydrogen (secondary N) is 1. The van der Waals surface area contributed by atoms with Gasteiger partial charge in [-0.2, -0.15) is 0 Å². The van der Waals surface area contributed by atoms with Gasteiger partial charge in [-0.15, -0.1) is 11.3 Å². The molecule has 3 aromatic rings. The zero-order valence-corrected chi connectivity index (χ0v) is 23.6. The van der Waals surface area contributed by atoms with E-state index in [0.717, 1.165) is 59.1 Å². The van der Waals surface area contributed by atoms with Crippen molar-refractivity contribution in [1.29, 1.82) is 0 Å². The normalized spacial score (nSPS) is 18.6. The van der Waals surface area contributed by atoms with Crippen molar-refractivity contribution < 1.29 is 19.5 Å². The molecule has 2 N–H and O–H groups in total. The fourth-order valence-corrected chi connectivity index (χ4v) is 6.32. The van der Waals surface area contributed by atoms with E-state index in [4.69, 9.17) is 32.8 Å². The van der Waals surface area contributed by atoms with Gasteiger partial charge in [-0.3, -0.25) is 4.79 Å². The van der Waals surface area contributed by atoms with Gasteiger partial charge in [0.05, 0.1) is 21.5 Å². The van der Waals surface area contributed by atoms with E-state index < -0.39 is 18.1 Å². The van der Waals surface area contributed by atoms with E-state index in [2.05, 4.69) is 15.4 Å². The van der Waals surface area contributed by atoms with Crippen LogP contribution in [-0.2, 0) is 16.2 Å². The van der Waals surface area contributed by atoms with Crippen LogP contribution >= 0.6 is 34.5 Å². The van der Waals surface area contributed by atoms with Crippen LogP contribution in [0.3, 0.4) is 0 Å². The molecule has 1 amide bonds. The van der Waals surface area contributed by atoms with Gasteiger partial charge in [0, 0.05) is 22.5 Å². The SMILES string of the molecule is O=C(N[C@H](CN1CCCC1)[C@H](O)c1ccc(OC2CC2)c(Cl)c1)C1=NOCc2cc(-c3ccc(Cl)s3)ccc21. The predicted octanol–water partition coefficient (Wildman–Crippen LogP) is 5.81. The smallest absolute Gasteiger partial charge is 0.274 e. The molecule has 0 bridgehead atoms. The van der Waals surface area contributed by atoms with Crippen molar-refractivity contribution >= 4 is 46.2 Å². The zero-order valence-electron chi connectivity index (χ0n) is 21.2. The van der Waals surface area contributed by atoms with Crippen LogP contribution in [0.5, 0.6) is 5.75 Å². The first-order chi connectivity index (χ1) is 18.9. The minimum absolute atomic E-state index is 0.192. The van der Waals surface area contributed by atoms with Crippen LogP contribution in [0.2, 0.25) is 9.36 Å². The Morgan fingerprint density at radius 3 is 2.69 bits per heavy atom. The summed E-state index contributed by atoms with van der Waals surface area (Å²) in [7, 11) is 0. The van der Waals surface area contributed by atoms with Crippen LogP contribution in [0, 0.1) is 0 Å². The number of benzene rings is 2. The molecule has 204 valence electrons. The standard InChI is InChI=1S/C29H29Cl2N3O4S/c30-22-14-18(4-8-24(22)38-20-5-6-20)28(35)23(15-34-11-1-2-12-34)32-29(36)27-21-7-3-17(13-19(21)16-37-33-27)25-9-10-26(31)39-25/h3-4,7-10,13-14,20,23,28,35H,1-2,5-6,11-12,15-16H2,(H,32,36)/t23-,28-/m1/s1. The number of carbonyl (C=O) groups is 1. The second-order valence-corrected chi connectivity index (χ2v) is 12.4. The van der Waals surface area contributed by atoms with Crippen LogP contribution in [0.4, 0.5) is 0 Å². The van der Waals surface area contributed by atoms with E-state index >= 15 is 0 Å². The molecule has 1 saturated heterocycles. The molecule has 7 nitrogen and oxygen atoms in total. The highest BCUT2D eigenvalue weighted by molar-refractivity contribution is 7.19. The van der Waals surface area contributed by atoms with Crippen LogP contribution < -0.4 is 10.1 Å². The number of nitrogens with zero attached hydrogens (tertiary/aromatic N) is 2. The molecule has 3 aliphatic rings. The minimum Gasteiger partial charge on any atom is -0.489 e. The maximum atomic E-state index is 13.6. The first kappa shape index (κ1) is 26.6. The Kier molecular flexibility index (Phi) is 7.82. The molecule has 0 spiro atoms. The fourth-order valence-electron chi connectivity index (χ4n) is 5.05.